The molecule has 0 aliphatic heterocycles. The van der Waals surface area contributed by atoms with Crippen LogP contribution in [0.2, 0.25) is 5.02 Å². The first-order valence-corrected chi connectivity index (χ1v) is 8.29. The number of rotatable bonds is 6. The number of amides is 2. The van der Waals surface area contributed by atoms with Crippen LogP contribution in [0.1, 0.15) is 18.1 Å². The highest BCUT2D eigenvalue weighted by atomic mass is 35.5. The molecule has 0 saturated heterocycles. The van der Waals surface area contributed by atoms with E-state index in [1.165, 1.54) is 30.1 Å². The summed E-state index contributed by atoms with van der Waals surface area (Å²) in [5.41, 5.74) is 1.02. The number of nitrogens with zero attached hydrogens (tertiary/aromatic N) is 1. The van der Waals surface area contributed by atoms with Gasteiger partial charge in [0, 0.05) is 24.2 Å². The van der Waals surface area contributed by atoms with Crippen LogP contribution in [-0.2, 0) is 22.6 Å². The third-order valence-corrected chi connectivity index (χ3v) is 4.35. The molecule has 0 radical (unpaired) electrons. The minimum absolute atomic E-state index is 0.135. The summed E-state index contributed by atoms with van der Waals surface area (Å²) in [4.78, 5) is 26.3. The highest BCUT2D eigenvalue weighted by Gasteiger charge is 2.26. The maximum Gasteiger partial charge on any atom is 0.242 e. The molecule has 2 aromatic carbocycles. The quantitative estimate of drug-likeness (QED) is 0.858. The Kier molecular flexibility index (Phi) is 6.53. The number of hydrogen-bond donors (Lipinski definition) is 1. The lowest BCUT2D eigenvalue weighted by molar-refractivity contribution is -0.139. The van der Waals surface area contributed by atoms with E-state index < -0.39 is 11.9 Å². The second kappa shape index (κ2) is 8.62. The van der Waals surface area contributed by atoms with Crippen molar-refractivity contribution in [3.05, 3.63) is 70.5 Å². The normalized spacial score (nSPS) is 11.7. The highest BCUT2D eigenvalue weighted by Crippen LogP contribution is 2.21. The molecule has 0 heterocycles. The van der Waals surface area contributed by atoms with Crippen LogP contribution in [0.25, 0.3) is 0 Å². The Labute approximate surface area is 151 Å². The molecule has 0 aromatic heterocycles. The first kappa shape index (κ1) is 18.9. The number of halogens is 2. The Morgan fingerprint density at radius 1 is 1.16 bits per heavy atom. The van der Waals surface area contributed by atoms with Gasteiger partial charge in [-0.2, -0.15) is 0 Å². The molecule has 1 atom stereocenters. The zero-order valence-corrected chi connectivity index (χ0v) is 14.9. The van der Waals surface area contributed by atoms with Crippen LogP contribution in [-0.4, -0.2) is 29.8 Å². The van der Waals surface area contributed by atoms with Crippen molar-refractivity contribution in [2.45, 2.75) is 25.9 Å². The first-order chi connectivity index (χ1) is 11.9. The van der Waals surface area contributed by atoms with E-state index in [2.05, 4.69) is 5.32 Å². The molecule has 1 N–H and O–H groups in total. The van der Waals surface area contributed by atoms with Crippen LogP contribution in [0, 0.1) is 5.82 Å². The van der Waals surface area contributed by atoms with Gasteiger partial charge >= 0.3 is 0 Å². The number of benzene rings is 2. The van der Waals surface area contributed by atoms with E-state index in [1.54, 1.807) is 6.92 Å². The Balaban J connectivity index is 2.27. The van der Waals surface area contributed by atoms with Gasteiger partial charge < -0.3 is 10.2 Å². The SMILES string of the molecule is CNC(=O)[C@@H](C)N(Cc1ccccc1)C(=O)Cc1c(F)cccc1Cl. The van der Waals surface area contributed by atoms with Crippen molar-refractivity contribution in [2.24, 2.45) is 0 Å². The van der Waals surface area contributed by atoms with Crippen LogP contribution in [0.15, 0.2) is 48.5 Å². The highest BCUT2D eigenvalue weighted by molar-refractivity contribution is 6.31. The lowest BCUT2D eigenvalue weighted by Gasteiger charge is -2.28. The third-order valence-electron chi connectivity index (χ3n) is 4.00. The average Bonchev–Trinajstić information content (AvgIpc) is 2.62. The molecule has 2 rings (SSSR count). The van der Waals surface area contributed by atoms with Crippen molar-refractivity contribution in [3.8, 4) is 0 Å². The van der Waals surface area contributed by atoms with Crippen molar-refractivity contribution in [1.29, 1.82) is 0 Å². The Hall–Kier alpha value is -2.40. The molecular weight excluding hydrogens is 343 g/mol. The van der Waals surface area contributed by atoms with Crippen molar-refractivity contribution in [1.82, 2.24) is 10.2 Å². The summed E-state index contributed by atoms with van der Waals surface area (Å²) in [6.45, 7) is 1.89. The lowest BCUT2D eigenvalue weighted by atomic mass is 10.1. The van der Waals surface area contributed by atoms with E-state index in [1.807, 2.05) is 30.3 Å². The van der Waals surface area contributed by atoms with Gasteiger partial charge in [0.05, 0.1) is 6.42 Å². The molecule has 0 unspecified atom stereocenters. The molecule has 0 fully saturated rings. The molecule has 25 heavy (non-hydrogen) atoms. The van der Waals surface area contributed by atoms with Gasteiger partial charge in [0.15, 0.2) is 0 Å². The van der Waals surface area contributed by atoms with E-state index in [4.69, 9.17) is 11.6 Å². The van der Waals surface area contributed by atoms with Gasteiger partial charge in [-0.3, -0.25) is 9.59 Å². The second-order valence-corrected chi connectivity index (χ2v) is 6.08. The molecule has 132 valence electrons. The second-order valence-electron chi connectivity index (χ2n) is 5.67. The zero-order valence-electron chi connectivity index (χ0n) is 14.1. The van der Waals surface area contributed by atoms with Gasteiger partial charge in [-0.15, -0.1) is 0 Å². The Bertz CT molecular complexity index is 732. The molecular formula is C19H20ClFN2O2. The van der Waals surface area contributed by atoms with Gasteiger partial charge in [-0.05, 0) is 24.6 Å². The summed E-state index contributed by atoms with van der Waals surface area (Å²) in [6, 6.07) is 12.9. The topological polar surface area (TPSA) is 49.4 Å². The number of nitrogens with one attached hydrogen (secondary N) is 1. The van der Waals surface area contributed by atoms with Crippen LogP contribution in [0.5, 0.6) is 0 Å². The van der Waals surface area contributed by atoms with Crippen molar-refractivity contribution < 1.29 is 14.0 Å². The van der Waals surface area contributed by atoms with Crippen LogP contribution < -0.4 is 5.32 Å². The largest absolute Gasteiger partial charge is 0.357 e. The number of hydrogen-bond acceptors (Lipinski definition) is 2. The maximum atomic E-state index is 14.0. The predicted octanol–water partition coefficient (Wildman–Crippen LogP) is 3.18. The van der Waals surface area contributed by atoms with Gasteiger partial charge in [0.1, 0.15) is 11.9 Å². The molecule has 0 aliphatic carbocycles. The molecule has 2 amide bonds. The van der Waals surface area contributed by atoms with E-state index >= 15 is 0 Å². The Morgan fingerprint density at radius 3 is 2.44 bits per heavy atom. The monoisotopic (exact) mass is 362 g/mol. The summed E-state index contributed by atoms with van der Waals surface area (Å²) in [5, 5.41) is 2.73. The minimum atomic E-state index is -0.691. The van der Waals surface area contributed by atoms with E-state index in [-0.39, 0.29) is 35.4 Å². The molecule has 0 spiro atoms. The maximum absolute atomic E-state index is 14.0. The summed E-state index contributed by atoms with van der Waals surface area (Å²) in [5.74, 6) is -1.19. The minimum Gasteiger partial charge on any atom is -0.357 e. The summed E-state index contributed by atoms with van der Waals surface area (Å²) in [7, 11) is 1.51. The van der Waals surface area contributed by atoms with Crippen LogP contribution >= 0.6 is 11.6 Å². The lowest BCUT2D eigenvalue weighted by Crippen LogP contribution is -2.47. The number of carbonyl (C=O) groups excluding carboxylic acids is 2. The van der Waals surface area contributed by atoms with E-state index in [0.29, 0.717) is 0 Å². The van der Waals surface area contributed by atoms with Gasteiger partial charge in [0.2, 0.25) is 11.8 Å². The van der Waals surface area contributed by atoms with E-state index in [9.17, 15) is 14.0 Å². The molecule has 0 aliphatic rings. The standard InChI is InChI=1S/C19H20ClFN2O2/c1-13(19(25)22-2)23(12-14-7-4-3-5-8-14)18(24)11-15-16(20)9-6-10-17(15)21/h3-10,13H,11-12H2,1-2H3,(H,22,25)/t13-/m1/s1. The number of carbonyl (C=O) groups is 2. The predicted molar refractivity (Wildman–Crippen MR) is 95.6 cm³/mol. The number of likely N-dealkylation sites (N-methyl/N-ethyl adjacent to an activating group) is 1. The zero-order chi connectivity index (χ0) is 18.4. The van der Waals surface area contributed by atoms with Gasteiger partial charge in [0.25, 0.3) is 0 Å². The fourth-order valence-electron chi connectivity index (χ4n) is 2.53. The average molecular weight is 363 g/mol. The fraction of sp³-hybridized carbons (Fsp3) is 0.263. The van der Waals surface area contributed by atoms with Crippen LogP contribution in [0.3, 0.4) is 0 Å². The summed E-state index contributed by atoms with van der Waals surface area (Å²) < 4.78 is 14.0. The molecule has 0 bridgehead atoms. The van der Waals surface area contributed by atoms with E-state index in [0.717, 1.165) is 5.56 Å². The molecule has 2 aromatic rings. The Morgan fingerprint density at radius 2 is 1.84 bits per heavy atom. The third kappa shape index (κ3) is 4.79. The van der Waals surface area contributed by atoms with Crippen molar-refractivity contribution in [3.63, 3.8) is 0 Å². The van der Waals surface area contributed by atoms with Crippen molar-refractivity contribution in [2.75, 3.05) is 7.05 Å². The summed E-state index contributed by atoms with van der Waals surface area (Å²) >= 11 is 6.02. The van der Waals surface area contributed by atoms with Gasteiger partial charge in [-0.25, -0.2) is 4.39 Å². The fourth-order valence-corrected chi connectivity index (χ4v) is 2.76. The first-order valence-electron chi connectivity index (χ1n) is 7.92. The molecule has 4 nitrogen and oxygen atoms in total. The molecule has 6 heteroatoms. The van der Waals surface area contributed by atoms with Crippen molar-refractivity contribution >= 4 is 23.4 Å². The molecule has 0 saturated carbocycles. The van der Waals surface area contributed by atoms with Crippen LogP contribution in [0.4, 0.5) is 4.39 Å². The smallest absolute Gasteiger partial charge is 0.242 e. The summed E-state index contributed by atoms with van der Waals surface area (Å²) in [6.07, 6.45) is -0.209. The van der Waals surface area contributed by atoms with Gasteiger partial charge in [-0.1, -0.05) is 48.0 Å².